The zero-order valence-electron chi connectivity index (χ0n) is 15.6. The average Bonchev–Trinajstić information content (AvgIpc) is 3.06. The second-order valence-electron chi connectivity index (χ2n) is 7.17. The molecule has 28 heavy (non-hydrogen) atoms. The molecule has 4 rings (SSSR count). The van der Waals surface area contributed by atoms with Crippen LogP contribution < -0.4 is 16.4 Å². The first kappa shape index (κ1) is 18.0. The standard InChI is InChI=1S/C22H22FN5/c1-13-6-7-18(23)19(8-13)27-21-12-16(24)11-20(28-21)22(25)26-17-9-14-4-2-3-5-15(14)10-17/h2-8,11-12,17H,9-10H2,1H3,(H2,25,26)(H3,24,27,28). The minimum Gasteiger partial charge on any atom is -0.399 e. The minimum atomic E-state index is -0.367. The molecule has 1 aliphatic rings. The van der Waals surface area contributed by atoms with Gasteiger partial charge >= 0.3 is 0 Å². The van der Waals surface area contributed by atoms with Crippen molar-refractivity contribution in [3.63, 3.8) is 0 Å². The second-order valence-corrected chi connectivity index (χ2v) is 7.17. The summed E-state index contributed by atoms with van der Waals surface area (Å²) in [5.74, 6) is 0.243. The fraction of sp³-hybridized carbons (Fsp3) is 0.182. The molecule has 0 unspecified atom stereocenters. The maximum absolute atomic E-state index is 14.0. The number of hydrogen-bond acceptors (Lipinski definition) is 4. The highest BCUT2D eigenvalue weighted by molar-refractivity contribution is 5.96. The van der Waals surface area contributed by atoms with Crippen molar-refractivity contribution < 1.29 is 4.39 Å². The van der Waals surface area contributed by atoms with Crippen LogP contribution in [-0.2, 0) is 12.8 Å². The van der Waals surface area contributed by atoms with E-state index in [1.165, 1.54) is 17.2 Å². The van der Waals surface area contributed by atoms with E-state index in [0.29, 0.717) is 22.9 Å². The number of amidine groups is 1. The normalized spacial score (nSPS) is 13.2. The molecule has 0 spiro atoms. The first-order valence-corrected chi connectivity index (χ1v) is 9.21. The maximum atomic E-state index is 14.0. The number of aromatic nitrogens is 1. The zero-order valence-corrected chi connectivity index (χ0v) is 15.6. The number of nitrogen functional groups attached to an aromatic ring is 1. The van der Waals surface area contributed by atoms with Crippen LogP contribution in [0.3, 0.4) is 0 Å². The fourth-order valence-corrected chi connectivity index (χ4v) is 3.56. The summed E-state index contributed by atoms with van der Waals surface area (Å²) in [6.45, 7) is 1.89. The van der Waals surface area contributed by atoms with Gasteiger partial charge in [-0.15, -0.1) is 0 Å². The summed E-state index contributed by atoms with van der Waals surface area (Å²) >= 11 is 0. The van der Waals surface area contributed by atoms with Gasteiger partial charge < -0.3 is 16.4 Å². The zero-order chi connectivity index (χ0) is 19.7. The number of nitrogens with one attached hydrogen (secondary N) is 3. The molecule has 0 aliphatic heterocycles. The van der Waals surface area contributed by atoms with E-state index in [9.17, 15) is 4.39 Å². The van der Waals surface area contributed by atoms with E-state index < -0.39 is 0 Å². The molecule has 0 bridgehead atoms. The molecule has 1 aromatic heterocycles. The van der Waals surface area contributed by atoms with Crippen molar-refractivity contribution >= 4 is 23.0 Å². The van der Waals surface area contributed by atoms with Gasteiger partial charge in [0.25, 0.3) is 0 Å². The first-order valence-electron chi connectivity index (χ1n) is 9.21. The lowest BCUT2D eigenvalue weighted by molar-refractivity contribution is 0.631. The van der Waals surface area contributed by atoms with Crippen molar-refractivity contribution in [3.05, 3.63) is 82.8 Å². The number of nitrogens with two attached hydrogens (primary N) is 1. The lowest BCUT2D eigenvalue weighted by Gasteiger charge is -2.16. The molecule has 0 saturated heterocycles. The molecule has 3 aromatic rings. The number of nitrogens with zero attached hydrogens (tertiary/aromatic N) is 1. The van der Waals surface area contributed by atoms with Gasteiger partial charge in [0.05, 0.1) is 5.69 Å². The van der Waals surface area contributed by atoms with Crippen molar-refractivity contribution in [3.8, 4) is 0 Å². The van der Waals surface area contributed by atoms with E-state index in [1.807, 2.05) is 19.1 Å². The van der Waals surface area contributed by atoms with Gasteiger partial charge in [-0.2, -0.15) is 0 Å². The van der Waals surface area contributed by atoms with E-state index in [-0.39, 0.29) is 17.7 Å². The predicted molar refractivity (Wildman–Crippen MR) is 111 cm³/mol. The van der Waals surface area contributed by atoms with Gasteiger partial charge in [0.1, 0.15) is 23.2 Å². The lowest BCUT2D eigenvalue weighted by atomic mass is 10.1. The molecule has 0 fully saturated rings. The number of hydrogen-bond donors (Lipinski definition) is 4. The molecule has 6 heteroatoms. The number of benzene rings is 2. The van der Waals surface area contributed by atoms with Crippen molar-refractivity contribution in [2.24, 2.45) is 0 Å². The summed E-state index contributed by atoms with van der Waals surface area (Å²) in [5.41, 5.74) is 10.8. The van der Waals surface area contributed by atoms with Crippen LogP contribution in [0.1, 0.15) is 22.4 Å². The van der Waals surface area contributed by atoms with E-state index >= 15 is 0 Å². The molecular formula is C22H22FN5. The largest absolute Gasteiger partial charge is 0.399 e. The van der Waals surface area contributed by atoms with Crippen LogP contribution in [0.25, 0.3) is 0 Å². The highest BCUT2D eigenvalue weighted by Crippen LogP contribution is 2.24. The van der Waals surface area contributed by atoms with Gasteiger partial charge in [-0.3, -0.25) is 5.41 Å². The number of rotatable bonds is 4. The third-order valence-corrected chi connectivity index (χ3v) is 4.89. The van der Waals surface area contributed by atoms with Crippen molar-refractivity contribution in [1.82, 2.24) is 10.3 Å². The Morgan fingerprint density at radius 3 is 2.54 bits per heavy atom. The Labute approximate surface area is 163 Å². The Balaban J connectivity index is 1.51. The molecule has 1 aliphatic carbocycles. The quantitative estimate of drug-likeness (QED) is 0.411. The highest BCUT2D eigenvalue weighted by Gasteiger charge is 2.22. The van der Waals surface area contributed by atoms with E-state index in [4.69, 9.17) is 11.1 Å². The summed E-state index contributed by atoms with van der Waals surface area (Å²) < 4.78 is 14.0. The van der Waals surface area contributed by atoms with Gasteiger partial charge in [0.2, 0.25) is 0 Å². The summed E-state index contributed by atoms with van der Waals surface area (Å²) in [5, 5.41) is 14.6. The van der Waals surface area contributed by atoms with Gasteiger partial charge in [0.15, 0.2) is 0 Å². The highest BCUT2D eigenvalue weighted by atomic mass is 19.1. The third kappa shape index (κ3) is 3.81. The first-order chi connectivity index (χ1) is 13.5. The SMILES string of the molecule is Cc1ccc(F)c(Nc2cc(N)cc(C(=N)NC3Cc4ccccc4C3)n2)c1. The van der Waals surface area contributed by atoms with E-state index in [1.54, 1.807) is 24.3 Å². The molecular weight excluding hydrogens is 353 g/mol. The number of aryl methyl sites for hydroxylation is 1. The number of pyridine rings is 1. The molecule has 0 atom stereocenters. The Kier molecular flexibility index (Phi) is 4.69. The summed E-state index contributed by atoms with van der Waals surface area (Å²) in [7, 11) is 0. The molecule has 142 valence electrons. The van der Waals surface area contributed by atoms with Crippen molar-refractivity contribution in [1.29, 1.82) is 5.41 Å². The van der Waals surface area contributed by atoms with Gasteiger partial charge in [-0.05, 0) is 54.7 Å². The Bertz CT molecular complexity index is 1020. The van der Waals surface area contributed by atoms with Gasteiger partial charge in [-0.25, -0.2) is 9.37 Å². The third-order valence-electron chi connectivity index (χ3n) is 4.89. The van der Waals surface area contributed by atoms with Crippen LogP contribution in [0.4, 0.5) is 21.6 Å². The molecule has 2 aromatic carbocycles. The molecule has 1 heterocycles. The van der Waals surface area contributed by atoms with Gasteiger partial charge in [-0.1, -0.05) is 30.3 Å². The van der Waals surface area contributed by atoms with Crippen LogP contribution in [0.2, 0.25) is 0 Å². The lowest BCUT2D eigenvalue weighted by Crippen LogP contribution is -2.35. The summed E-state index contributed by atoms with van der Waals surface area (Å²) in [6, 6.07) is 16.6. The van der Waals surface area contributed by atoms with E-state index in [0.717, 1.165) is 18.4 Å². The van der Waals surface area contributed by atoms with Crippen LogP contribution >= 0.6 is 0 Å². The topological polar surface area (TPSA) is 86.8 Å². The smallest absolute Gasteiger partial charge is 0.146 e. The van der Waals surface area contributed by atoms with Gasteiger partial charge in [0, 0.05) is 17.8 Å². The average molecular weight is 375 g/mol. The van der Waals surface area contributed by atoms with Crippen LogP contribution in [0, 0.1) is 18.2 Å². The van der Waals surface area contributed by atoms with Crippen molar-refractivity contribution in [2.75, 3.05) is 11.1 Å². The fourth-order valence-electron chi connectivity index (χ4n) is 3.56. The number of anilines is 3. The Morgan fingerprint density at radius 1 is 1.11 bits per heavy atom. The molecule has 0 radical (unpaired) electrons. The van der Waals surface area contributed by atoms with Crippen molar-refractivity contribution in [2.45, 2.75) is 25.8 Å². The van der Waals surface area contributed by atoms with Crippen LogP contribution in [-0.4, -0.2) is 16.9 Å². The van der Waals surface area contributed by atoms with Crippen LogP contribution in [0.5, 0.6) is 0 Å². The summed E-state index contributed by atoms with van der Waals surface area (Å²) in [6.07, 6.45) is 1.75. The van der Waals surface area contributed by atoms with Crippen LogP contribution in [0.15, 0.2) is 54.6 Å². The Hall–Kier alpha value is -3.41. The number of halogens is 1. The summed E-state index contributed by atoms with van der Waals surface area (Å²) in [4.78, 5) is 4.45. The maximum Gasteiger partial charge on any atom is 0.146 e. The second kappa shape index (κ2) is 7.31. The number of fused-ring (bicyclic) bond motifs is 1. The predicted octanol–water partition coefficient (Wildman–Crippen LogP) is 3.94. The molecule has 0 amide bonds. The molecule has 5 nitrogen and oxygen atoms in total. The molecule has 5 N–H and O–H groups in total. The molecule has 0 saturated carbocycles. The monoisotopic (exact) mass is 375 g/mol. The minimum absolute atomic E-state index is 0.152. The Morgan fingerprint density at radius 2 is 1.82 bits per heavy atom. The van der Waals surface area contributed by atoms with E-state index in [2.05, 4.69) is 27.8 Å².